The van der Waals surface area contributed by atoms with Crippen LogP contribution in [0, 0.1) is 5.92 Å². The summed E-state index contributed by atoms with van der Waals surface area (Å²) in [7, 11) is 0. The van der Waals surface area contributed by atoms with Crippen molar-refractivity contribution in [1.82, 2.24) is 0 Å². The first-order valence-electron chi connectivity index (χ1n) is 7.33. The molecule has 0 unspecified atom stereocenters. The number of ether oxygens (including phenoxy) is 1. The molecule has 0 atom stereocenters. The van der Waals surface area contributed by atoms with Crippen LogP contribution in [0.1, 0.15) is 44.0 Å². The highest BCUT2D eigenvalue weighted by molar-refractivity contribution is 6.06. The molecule has 7 heteroatoms. The van der Waals surface area contributed by atoms with Crippen molar-refractivity contribution in [3.05, 3.63) is 23.8 Å². The van der Waals surface area contributed by atoms with Crippen LogP contribution in [0.25, 0.3) is 0 Å². The van der Waals surface area contributed by atoms with Gasteiger partial charge < -0.3 is 10.1 Å². The molecule has 1 aromatic carbocycles. The number of anilines is 1. The van der Waals surface area contributed by atoms with Gasteiger partial charge in [-0.15, -0.1) is 0 Å². The van der Waals surface area contributed by atoms with Gasteiger partial charge in [-0.3, -0.25) is 9.59 Å². The van der Waals surface area contributed by atoms with Gasteiger partial charge in [-0.05, 0) is 24.5 Å². The Morgan fingerprint density at radius 3 is 2.43 bits per heavy atom. The second-order valence-corrected chi connectivity index (χ2v) is 5.47. The largest absolute Gasteiger partial charge is 0.494 e. The first kappa shape index (κ1) is 19.0. The monoisotopic (exact) mass is 331 g/mol. The van der Waals surface area contributed by atoms with E-state index in [1.54, 1.807) is 12.2 Å². The highest BCUT2D eigenvalue weighted by Crippen LogP contribution is 2.26. The zero-order valence-corrected chi connectivity index (χ0v) is 13.3. The van der Waals surface area contributed by atoms with Crippen LogP contribution in [-0.4, -0.2) is 24.5 Å². The average Bonchev–Trinajstić information content (AvgIpc) is 2.45. The summed E-state index contributed by atoms with van der Waals surface area (Å²) in [5, 5.41) is 1.74. The van der Waals surface area contributed by atoms with E-state index in [2.05, 4.69) is 0 Å². The number of rotatable bonds is 7. The van der Waals surface area contributed by atoms with Gasteiger partial charge >= 0.3 is 12.1 Å². The molecule has 0 heterocycles. The van der Waals surface area contributed by atoms with Crippen LogP contribution in [0.2, 0.25) is 0 Å². The molecule has 0 aromatic heterocycles. The molecule has 4 nitrogen and oxygen atoms in total. The molecule has 1 rings (SSSR count). The van der Waals surface area contributed by atoms with Crippen LogP contribution in [-0.2, 0) is 4.79 Å². The third-order valence-corrected chi connectivity index (χ3v) is 3.08. The van der Waals surface area contributed by atoms with E-state index in [9.17, 15) is 22.8 Å². The number of ketones is 1. The average molecular weight is 331 g/mol. The predicted octanol–water partition coefficient (Wildman–Crippen LogP) is 4.21. The molecule has 0 aliphatic heterocycles. The third-order valence-electron chi connectivity index (χ3n) is 3.08. The van der Waals surface area contributed by atoms with E-state index >= 15 is 0 Å². The maximum atomic E-state index is 12.4. The molecule has 0 aliphatic rings. The maximum absolute atomic E-state index is 12.4. The molecule has 1 amide bonds. The molecule has 0 saturated heterocycles. The van der Waals surface area contributed by atoms with Crippen molar-refractivity contribution in [2.45, 2.75) is 39.8 Å². The Labute approximate surface area is 133 Å². The summed E-state index contributed by atoms with van der Waals surface area (Å²) >= 11 is 0. The van der Waals surface area contributed by atoms with Gasteiger partial charge in [0.15, 0.2) is 5.78 Å². The molecular weight excluding hydrogens is 311 g/mol. The Balaban J connectivity index is 3.01. The van der Waals surface area contributed by atoms with Crippen LogP contribution >= 0.6 is 0 Å². The number of benzene rings is 1. The van der Waals surface area contributed by atoms with Gasteiger partial charge in [-0.2, -0.15) is 13.2 Å². The standard InChI is InChI=1S/C16H20F3NO3/c1-4-14(21)12-6-5-11(23-8-7-10(2)3)9-13(12)20-15(22)16(17,18)19/h5-6,9-10H,4,7-8H2,1-3H3,(H,20,22). The number of carbonyl (C=O) groups excluding carboxylic acids is 2. The van der Waals surface area contributed by atoms with Crippen LogP contribution in [0.15, 0.2) is 18.2 Å². The summed E-state index contributed by atoms with van der Waals surface area (Å²) in [5.41, 5.74) is -0.164. The Hall–Kier alpha value is -2.05. The van der Waals surface area contributed by atoms with E-state index in [1.807, 2.05) is 13.8 Å². The molecule has 0 aliphatic carbocycles. The number of carbonyl (C=O) groups is 2. The normalized spacial score (nSPS) is 11.4. The smallest absolute Gasteiger partial charge is 0.471 e. The summed E-state index contributed by atoms with van der Waals surface area (Å²) in [4.78, 5) is 22.9. The van der Waals surface area contributed by atoms with Crippen LogP contribution in [0.4, 0.5) is 18.9 Å². The van der Waals surface area contributed by atoms with Crippen LogP contribution in [0.5, 0.6) is 5.75 Å². The molecule has 1 N–H and O–H groups in total. The molecule has 0 saturated carbocycles. The molecular formula is C16H20F3NO3. The summed E-state index contributed by atoms with van der Waals surface area (Å²) in [6.45, 7) is 6.01. The van der Waals surface area contributed by atoms with Crippen LogP contribution < -0.4 is 10.1 Å². The number of alkyl halides is 3. The van der Waals surface area contributed by atoms with E-state index in [1.165, 1.54) is 18.2 Å². The quantitative estimate of drug-likeness (QED) is 0.762. The molecule has 0 radical (unpaired) electrons. The van der Waals surface area contributed by atoms with Gasteiger partial charge in [0.25, 0.3) is 0 Å². The Morgan fingerprint density at radius 2 is 1.91 bits per heavy atom. The zero-order chi connectivity index (χ0) is 17.6. The molecule has 23 heavy (non-hydrogen) atoms. The number of hydrogen-bond donors (Lipinski definition) is 1. The molecule has 0 spiro atoms. The van der Waals surface area contributed by atoms with Crippen molar-refractivity contribution < 1.29 is 27.5 Å². The molecule has 0 bridgehead atoms. The van der Waals surface area contributed by atoms with Gasteiger partial charge in [0.1, 0.15) is 5.75 Å². The fourth-order valence-corrected chi connectivity index (χ4v) is 1.76. The van der Waals surface area contributed by atoms with Crippen molar-refractivity contribution in [3.8, 4) is 5.75 Å². The number of halogens is 3. The lowest BCUT2D eigenvalue weighted by atomic mass is 10.1. The van der Waals surface area contributed by atoms with E-state index in [0.29, 0.717) is 18.3 Å². The van der Waals surface area contributed by atoms with Gasteiger partial charge in [0.2, 0.25) is 0 Å². The Bertz CT molecular complexity index is 568. The minimum Gasteiger partial charge on any atom is -0.494 e. The number of nitrogens with one attached hydrogen (secondary N) is 1. The van der Waals surface area contributed by atoms with E-state index < -0.39 is 12.1 Å². The lowest BCUT2D eigenvalue weighted by molar-refractivity contribution is -0.167. The van der Waals surface area contributed by atoms with E-state index in [4.69, 9.17) is 4.74 Å². The zero-order valence-electron chi connectivity index (χ0n) is 13.3. The van der Waals surface area contributed by atoms with Gasteiger partial charge in [0, 0.05) is 18.1 Å². The Morgan fingerprint density at radius 1 is 1.26 bits per heavy atom. The predicted molar refractivity (Wildman–Crippen MR) is 80.7 cm³/mol. The number of Topliss-reactive ketones (excluding diaryl/α,β-unsaturated/α-hetero) is 1. The highest BCUT2D eigenvalue weighted by Gasteiger charge is 2.39. The van der Waals surface area contributed by atoms with Crippen molar-refractivity contribution in [2.75, 3.05) is 11.9 Å². The summed E-state index contributed by atoms with van der Waals surface area (Å²) < 4.78 is 42.7. The van der Waals surface area contributed by atoms with Crippen molar-refractivity contribution in [1.29, 1.82) is 0 Å². The summed E-state index contributed by atoms with van der Waals surface area (Å²) in [6.07, 6.45) is -4.14. The van der Waals surface area contributed by atoms with Gasteiger partial charge in [-0.25, -0.2) is 0 Å². The maximum Gasteiger partial charge on any atom is 0.471 e. The van der Waals surface area contributed by atoms with Gasteiger partial charge in [-0.1, -0.05) is 20.8 Å². The lowest BCUT2D eigenvalue weighted by Crippen LogP contribution is -2.30. The highest BCUT2D eigenvalue weighted by atomic mass is 19.4. The molecule has 0 fully saturated rings. The minimum absolute atomic E-state index is 0.0290. The SMILES string of the molecule is CCC(=O)c1ccc(OCCC(C)C)cc1NC(=O)C(F)(F)F. The second kappa shape index (κ2) is 7.99. The van der Waals surface area contributed by atoms with E-state index in [-0.39, 0.29) is 23.5 Å². The summed E-state index contributed by atoms with van der Waals surface area (Å²) in [6, 6.07) is 4.11. The minimum atomic E-state index is -5.03. The van der Waals surface area contributed by atoms with E-state index in [0.717, 1.165) is 6.42 Å². The van der Waals surface area contributed by atoms with Crippen LogP contribution in [0.3, 0.4) is 0 Å². The number of hydrogen-bond acceptors (Lipinski definition) is 3. The molecule has 128 valence electrons. The second-order valence-electron chi connectivity index (χ2n) is 5.47. The fourth-order valence-electron chi connectivity index (χ4n) is 1.76. The van der Waals surface area contributed by atoms with Crippen molar-refractivity contribution >= 4 is 17.4 Å². The Kier molecular flexibility index (Phi) is 6.60. The summed E-state index contributed by atoms with van der Waals surface area (Å²) in [5.74, 6) is -1.77. The first-order valence-corrected chi connectivity index (χ1v) is 7.33. The number of amides is 1. The van der Waals surface area contributed by atoms with Gasteiger partial charge in [0.05, 0.1) is 12.3 Å². The van der Waals surface area contributed by atoms with Crippen molar-refractivity contribution in [2.24, 2.45) is 5.92 Å². The topological polar surface area (TPSA) is 55.4 Å². The fraction of sp³-hybridized carbons (Fsp3) is 0.500. The first-order chi connectivity index (χ1) is 10.6. The third kappa shape index (κ3) is 5.92. The lowest BCUT2D eigenvalue weighted by Gasteiger charge is -2.14. The molecule has 1 aromatic rings. The van der Waals surface area contributed by atoms with Crippen molar-refractivity contribution in [3.63, 3.8) is 0 Å².